The molecule has 2 aliphatic rings. The number of sulfonamides is 1. The predicted molar refractivity (Wildman–Crippen MR) is 110 cm³/mol. The van der Waals surface area contributed by atoms with E-state index in [0.29, 0.717) is 38.5 Å². The molecule has 1 fully saturated rings. The number of rotatable bonds is 4. The third kappa shape index (κ3) is 3.97. The molecule has 29 heavy (non-hydrogen) atoms. The molecule has 3 heterocycles. The molecule has 0 unspecified atom stereocenters. The van der Waals surface area contributed by atoms with E-state index in [9.17, 15) is 13.2 Å². The molecule has 1 amide bonds. The Balaban J connectivity index is 1.52. The second-order valence-corrected chi connectivity index (χ2v) is 9.51. The van der Waals surface area contributed by atoms with Crippen LogP contribution in [-0.2, 0) is 27.8 Å². The average Bonchev–Trinajstić information content (AvgIpc) is 2.78. The van der Waals surface area contributed by atoms with Gasteiger partial charge in [0.1, 0.15) is 6.04 Å². The van der Waals surface area contributed by atoms with Crippen molar-refractivity contribution in [1.82, 2.24) is 19.2 Å². The number of piperazine rings is 1. The summed E-state index contributed by atoms with van der Waals surface area (Å²) in [5.41, 5.74) is 2.02. The topological polar surface area (TPSA) is 86.7 Å². The third-order valence-corrected chi connectivity index (χ3v) is 7.47. The van der Waals surface area contributed by atoms with Gasteiger partial charge in [-0.3, -0.25) is 4.79 Å². The smallest absolute Gasteiger partial charge is 0.241 e. The largest absolute Gasteiger partial charge is 0.338 e. The molecule has 8 nitrogen and oxygen atoms in total. The summed E-state index contributed by atoms with van der Waals surface area (Å²) in [4.78, 5) is 25.7. The molecule has 0 radical (unpaired) electrons. The van der Waals surface area contributed by atoms with Crippen LogP contribution in [0.4, 0.5) is 5.95 Å². The lowest BCUT2D eigenvalue weighted by Gasteiger charge is -2.40. The summed E-state index contributed by atoms with van der Waals surface area (Å²) in [7, 11) is -3.50. The molecule has 1 saturated heterocycles. The average molecular weight is 416 g/mol. The minimum absolute atomic E-state index is 0.0158. The van der Waals surface area contributed by atoms with Crippen molar-refractivity contribution in [2.24, 2.45) is 0 Å². The van der Waals surface area contributed by atoms with E-state index in [-0.39, 0.29) is 18.2 Å². The van der Waals surface area contributed by atoms with Crippen LogP contribution in [0.5, 0.6) is 0 Å². The van der Waals surface area contributed by atoms with Gasteiger partial charge in [-0.1, -0.05) is 24.3 Å². The van der Waals surface area contributed by atoms with Crippen LogP contribution in [0, 0.1) is 0 Å². The van der Waals surface area contributed by atoms with Crippen LogP contribution in [0.25, 0.3) is 0 Å². The predicted octanol–water partition coefficient (Wildman–Crippen LogP) is 0.902. The molecule has 1 aromatic carbocycles. The molecule has 0 N–H and O–H groups in total. The molecule has 0 bridgehead atoms. The molecule has 0 aliphatic carbocycles. The standard InChI is InChI=1S/C20H25N5O3S/c1-2-29(27,28)25-15-17-7-4-3-6-16(17)14-18(25)19(26)23-10-12-24(13-11-23)20-21-8-5-9-22-20/h3-9,18H,2,10-15H2,1H3/t18-/m0/s1. The van der Waals surface area contributed by atoms with Crippen LogP contribution in [0.1, 0.15) is 18.1 Å². The zero-order chi connectivity index (χ0) is 20.4. The molecule has 2 aromatic rings. The van der Waals surface area contributed by atoms with Crippen molar-refractivity contribution in [2.75, 3.05) is 36.8 Å². The van der Waals surface area contributed by atoms with Gasteiger partial charge in [-0.25, -0.2) is 18.4 Å². The molecule has 0 spiro atoms. The second-order valence-electron chi connectivity index (χ2n) is 7.30. The molecule has 0 saturated carbocycles. The van der Waals surface area contributed by atoms with Crippen molar-refractivity contribution >= 4 is 21.9 Å². The van der Waals surface area contributed by atoms with E-state index in [1.54, 1.807) is 30.3 Å². The lowest BCUT2D eigenvalue weighted by atomic mass is 9.95. The van der Waals surface area contributed by atoms with Gasteiger partial charge in [0.25, 0.3) is 0 Å². The number of carbonyl (C=O) groups is 1. The van der Waals surface area contributed by atoms with Gasteiger partial charge in [-0.05, 0) is 30.5 Å². The highest BCUT2D eigenvalue weighted by Crippen LogP contribution is 2.27. The minimum atomic E-state index is -3.50. The maximum Gasteiger partial charge on any atom is 0.241 e. The van der Waals surface area contributed by atoms with Crippen LogP contribution in [0.15, 0.2) is 42.7 Å². The van der Waals surface area contributed by atoms with E-state index in [0.717, 1.165) is 11.1 Å². The first-order valence-electron chi connectivity index (χ1n) is 9.86. The fraction of sp³-hybridized carbons (Fsp3) is 0.450. The van der Waals surface area contributed by atoms with Crippen LogP contribution in [0.2, 0.25) is 0 Å². The van der Waals surface area contributed by atoms with Gasteiger partial charge in [-0.15, -0.1) is 0 Å². The summed E-state index contributed by atoms with van der Waals surface area (Å²) >= 11 is 0. The first-order chi connectivity index (χ1) is 14.0. The molecular formula is C20H25N5O3S. The number of benzene rings is 1. The quantitative estimate of drug-likeness (QED) is 0.738. The zero-order valence-corrected chi connectivity index (χ0v) is 17.3. The molecule has 1 atom stereocenters. The molecule has 4 rings (SSSR count). The normalized spacial score (nSPS) is 20.4. The number of hydrogen-bond donors (Lipinski definition) is 0. The van der Waals surface area contributed by atoms with Gasteiger partial charge in [0, 0.05) is 45.1 Å². The van der Waals surface area contributed by atoms with Crippen molar-refractivity contribution in [3.05, 3.63) is 53.9 Å². The first-order valence-corrected chi connectivity index (χ1v) is 11.5. The third-order valence-electron chi connectivity index (χ3n) is 5.64. The molecule has 2 aliphatic heterocycles. The van der Waals surface area contributed by atoms with Gasteiger partial charge in [0.05, 0.1) is 5.75 Å². The number of fused-ring (bicyclic) bond motifs is 1. The highest BCUT2D eigenvalue weighted by atomic mass is 32.2. The number of nitrogens with zero attached hydrogens (tertiary/aromatic N) is 5. The number of amides is 1. The van der Waals surface area contributed by atoms with Crippen molar-refractivity contribution in [3.63, 3.8) is 0 Å². The van der Waals surface area contributed by atoms with E-state index in [2.05, 4.69) is 9.97 Å². The fourth-order valence-electron chi connectivity index (χ4n) is 3.96. The Labute approximate surface area is 171 Å². The van der Waals surface area contributed by atoms with Crippen molar-refractivity contribution in [1.29, 1.82) is 0 Å². The number of anilines is 1. The van der Waals surface area contributed by atoms with Crippen molar-refractivity contribution in [3.8, 4) is 0 Å². The lowest BCUT2D eigenvalue weighted by Crippen LogP contribution is -2.57. The first kappa shape index (κ1) is 19.8. The summed E-state index contributed by atoms with van der Waals surface area (Å²) in [5.74, 6) is 0.518. The highest BCUT2D eigenvalue weighted by Gasteiger charge is 2.40. The Hall–Kier alpha value is -2.52. The Morgan fingerprint density at radius 1 is 1.03 bits per heavy atom. The van der Waals surface area contributed by atoms with Crippen molar-refractivity contribution in [2.45, 2.75) is 25.9 Å². The van der Waals surface area contributed by atoms with Crippen molar-refractivity contribution < 1.29 is 13.2 Å². The van der Waals surface area contributed by atoms with Gasteiger partial charge >= 0.3 is 0 Å². The molecule has 1 aromatic heterocycles. The van der Waals surface area contributed by atoms with Gasteiger partial charge in [0.15, 0.2) is 0 Å². The van der Waals surface area contributed by atoms with E-state index in [1.807, 2.05) is 29.2 Å². The maximum atomic E-state index is 13.3. The maximum absolute atomic E-state index is 13.3. The number of aromatic nitrogens is 2. The zero-order valence-electron chi connectivity index (χ0n) is 16.4. The monoisotopic (exact) mass is 415 g/mol. The van der Waals surface area contributed by atoms with E-state index < -0.39 is 16.1 Å². The minimum Gasteiger partial charge on any atom is -0.338 e. The number of hydrogen-bond acceptors (Lipinski definition) is 6. The summed E-state index contributed by atoms with van der Waals surface area (Å²) < 4.78 is 26.9. The molecule has 9 heteroatoms. The summed E-state index contributed by atoms with van der Waals surface area (Å²) in [6, 6.07) is 8.84. The van der Waals surface area contributed by atoms with Gasteiger partial charge in [-0.2, -0.15) is 4.31 Å². The Kier molecular flexibility index (Phi) is 5.51. The lowest BCUT2D eigenvalue weighted by molar-refractivity contribution is -0.136. The Bertz CT molecular complexity index is 975. The summed E-state index contributed by atoms with van der Waals surface area (Å²) in [5, 5.41) is 0. The second kappa shape index (κ2) is 8.08. The van der Waals surface area contributed by atoms with Crippen LogP contribution in [0.3, 0.4) is 0 Å². The Morgan fingerprint density at radius 2 is 1.69 bits per heavy atom. The highest BCUT2D eigenvalue weighted by molar-refractivity contribution is 7.89. The van der Waals surface area contributed by atoms with Gasteiger partial charge in [0.2, 0.25) is 21.9 Å². The number of carbonyl (C=O) groups excluding carboxylic acids is 1. The molecular weight excluding hydrogens is 390 g/mol. The SMILES string of the molecule is CCS(=O)(=O)N1Cc2ccccc2C[C@H]1C(=O)N1CCN(c2ncccn2)CC1. The van der Waals surface area contributed by atoms with E-state index in [4.69, 9.17) is 0 Å². The summed E-state index contributed by atoms with van der Waals surface area (Å²) in [6.07, 6.45) is 3.82. The van der Waals surface area contributed by atoms with Crippen LogP contribution in [-0.4, -0.2) is 71.5 Å². The van der Waals surface area contributed by atoms with Crippen LogP contribution < -0.4 is 4.90 Å². The summed E-state index contributed by atoms with van der Waals surface area (Å²) in [6.45, 7) is 4.17. The van der Waals surface area contributed by atoms with E-state index >= 15 is 0 Å². The Morgan fingerprint density at radius 3 is 2.34 bits per heavy atom. The van der Waals surface area contributed by atoms with Gasteiger partial charge < -0.3 is 9.80 Å². The van der Waals surface area contributed by atoms with E-state index in [1.165, 1.54) is 4.31 Å². The molecule has 154 valence electrons. The fourth-order valence-corrected chi connectivity index (χ4v) is 5.18. The van der Waals surface area contributed by atoms with Crippen LogP contribution >= 0.6 is 0 Å².